The van der Waals surface area contributed by atoms with Crippen molar-refractivity contribution in [1.82, 2.24) is 9.88 Å². The molecule has 0 spiro atoms. The second-order valence-corrected chi connectivity index (χ2v) is 6.77. The van der Waals surface area contributed by atoms with Gasteiger partial charge in [-0.3, -0.25) is 4.79 Å². The van der Waals surface area contributed by atoms with Gasteiger partial charge >= 0.3 is 0 Å². The van der Waals surface area contributed by atoms with Gasteiger partial charge in [0.25, 0.3) is 5.91 Å². The first-order valence-corrected chi connectivity index (χ1v) is 8.61. The summed E-state index contributed by atoms with van der Waals surface area (Å²) in [4.78, 5) is 19.1. The molecule has 1 amide bonds. The number of hydrogen-bond donors (Lipinski definition) is 1. The molecular formula is C17H21N3O2S. The fraction of sp³-hybridized carbons (Fsp3) is 0.412. The third-order valence-electron chi connectivity index (χ3n) is 4.32. The van der Waals surface area contributed by atoms with Crippen LogP contribution in [0.1, 0.15) is 23.8 Å². The number of nitrogens with two attached hydrogens (primary N) is 1. The van der Waals surface area contributed by atoms with Crippen molar-refractivity contribution < 1.29 is 9.53 Å². The molecule has 1 aliphatic rings. The fourth-order valence-electron chi connectivity index (χ4n) is 2.98. The van der Waals surface area contributed by atoms with Gasteiger partial charge in [0.2, 0.25) is 0 Å². The summed E-state index contributed by atoms with van der Waals surface area (Å²) in [5, 5.41) is 2.68. The SMILES string of the molecule is COc1ccc(-c2nc(C(=O)N3CC(CN)CC3C)cs2)cc1. The first-order valence-electron chi connectivity index (χ1n) is 7.73. The molecule has 23 heavy (non-hydrogen) atoms. The molecule has 0 bridgehead atoms. The normalized spacial score (nSPS) is 20.7. The van der Waals surface area contributed by atoms with E-state index in [4.69, 9.17) is 10.5 Å². The van der Waals surface area contributed by atoms with E-state index in [0.29, 0.717) is 18.2 Å². The Bertz CT molecular complexity index is 683. The Labute approximate surface area is 140 Å². The van der Waals surface area contributed by atoms with Gasteiger partial charge in [0.15, 0.2) is 0 Å². The second-order valence-electron chi connectivity index (χ2n) is 5.91. The van der Waals surface area contributed by atoms with Crippen LogP contribution in [0.3, 0.4) is 0 Å². The maximum atomic E-state index is 12.7. The average molecular weight is 331 g/mol. The lowest BCUT2D eigenvalue weighted by atomic mass is 10.1. The molecule has 0 saturated carbocycles. The van der Waals surface area contributed by atoms with E-state index >= 15 is 0 Å². The van der Waals surface area contributed by atoms with Gasteiger partial charge in [-0.15, -0.1) is 11.3 Å². The molecule has 0 aliphatic carbocycles. The van der Waals surface area contributed by atoms with E-state index in [0.717, 1.165) is 29.3 Å². The molecule has 2 unspecified atom stereocenters. The van der Waals surface area contributed by atoms with E-state index in [9.17, 15) is 4.79 Å². The van der Waals surface area contributed by atoms with Crippen LogP contribution in [0.15, 0.2) is 29.6 Å². The van der Waals surface area contributed by atoms with Crippen molar-refractivity contribution in [2.75, 3.05) is 20.2 Å². The quantitative estimate of drug-likeness (QED) is 0.935. The maximum Gasteiger partial charge on any atom is 0.273 e. The molecule has 1 fully saturated rings. The van der Waals surface area contributed by atoms with Gasteiger partial charge in [-0.05, 0) is 50.1 Å². The predicted octanol–water partition coefficient (Wildman–Crippen LogP) is 2.63. The first-order chi connectivity index (χ1) is 11.1. The highest BCUT2D eigenvalue weighted by Crippen LogP contribution is 2.28. The Morgan fingerprint density at radius 3 is 2.78 bits per heavy atom. The van der Waals surface area contributed by atoms with Crippen LogP contribution in [-0.4, -0.2) is 42.0 Å². The molecule has 5 nitrogen and oxygen atoms in total. The van der Waals surface area contributed by atoms with Crippen molar-refractivity contribution in [3.8, 4) is 16.3 Å². The van der Waals surface area contributed by atoms with Gasteiger partial charge in [0.1, 0.15) is 16.5 Å². The number of carbonyl (C=O) groups excluding carboxylic acids is 1. The van der Waals surface area contributed by atoms with Crippen molar-refractivity contribution >= 4 is 17.2 Å². The lowest BCUT2D eigenvalue weighted by Gasteiger charge is -2.20. The van der Waals surface area contributed by atoms with Crippen molar-refractivity contribution in [2.24, 2.45) is 11.7 Å². The third-order valence-corrected chi connectivity index (χ3v) is 5.21. The van der Waals surface area contributed by atoms with Crippen LogP contribution in [-0.2, 0) is 0 Å². The summed E-state index contributed by atoms with van der Waals surface area (Å²) < 4.78 is 5.16. The summed E-state index contributed by atoms with van der Waals surface area (Å²) in [5.74, 6) is 1.21. The molecular weight excluding hydrogens is 310 g/mol. The molecule has 1 aliphatic heterocycles. The van der Waals surface area contributed by atoms with Crippen LogP contribution in [0.25, 0.3) is 10.6 Å². The molecule has 2 heterocycles. The summed E-state index contributed by atoms with van der Waals surface area (Å²) in [6.45, 7) is 3.43. The number of carbonyl (C=O) groups is 1. The zero-order valence-electron chi connectivity index (χ0n) is 13.4. The van der Waals surface area contributed by atoms with Crippen LogP contribution in [0, 0.1) is 5.92 Å². The number of benzene rings is 1. The second kappa shape index (κ2) is 6.68. The van der Waals surface area contributed by atoms with E-state index in [1.807, 2.05) is 34.5 Å². The number of aromatic nitrogens is 1. The highest BCUT2D eigenvalue weighted by molar-refractivity contribution is 7.13. The van der Waals surface area contributed by atoms with E-state index < -0.39 is 0 Å². The highest BCUT2D eigenvalue weighted by atomic mass is 32.1. The largest absolute Gasteiger partial charge is 0.497 e. The van der Waals surface area contributed by atoms with Crippen molar-refractivity contribution in [3.63, 3.8) is 0 Å². The molecule has 0 radical (unpaired) electrons. The van der Waals surface area contributed by atoms with Crippen LogP contribution in [0.2, 0.25) is 0 Å². The maximum absolute atomic E-state index is 12.7. The standard InChI is InChI=1S/C17H21N3O2S/c1-11-7-12(8-18)9-20(11)17(21)15-10-23-16(19-15)13-3-5-14(22-2)6-4-13/h3-6,10-12H,7-9,18H2,1-2H3. The van der Waals surface area contributed by atoms with Crippen molar-refractivity contribution in [1.29, 1.82) is 0 Å². The summed E-state index contributed by atoms with van der Waals surface area (Å²) in [6.07, 6.45) is 0.970. The number of hydrogen-bond acceptors (Lipinski definition) is 5. The number of likely N-dealkylation sites (tertiary alicyclic amines) is 1. The number of nitrogens with zero attached hydrogens (tertiary/aromatic N) is 2. The number of methoxy groups -OCH3 is 1. The van der Waals surface area contributed by atoms with Gasteiger partial charge in [0, 0.05) is 23.5 Å². The minimum absolute atomic E-state index is 0.00413. The predicted molar refractivity (Wildman–Crippen MR) is 91.8 cm³/mol. The monoisotopic (exact) mass is 331 g/mol. The number of ether oxygens (including phenoxy) is 1. The molecule has 1 aromatic heterocycles. The van der Waals surface area contributed by atoms with Crippen molar-refractivity contribution in [3.05, 3.63) is 35.3 Å². The molecule has 3 rings (SSSR count). The van der Waals surface area contributed by atoms with E-state index in [2.05, 4.69) is 11.9 Å². The fourth-order valence-corrected chi connectivity index (χ4v) is 3.78. The Morgan fingerprint density at radius 2 is 2.17 bits per heavy atom. The molecule has 2 atom stereocenters. The molecule has 6 heteroatoms. The van der Waals surface area contributed by atoms with Crippen LogP contribution in [0.4, 0.5) is 0 Å². The third kappa shape index (κ3) is 3.23. The number of thiazole rings is 1. The molecule has 1 aromatic carbocycles. The summed E-state index contributed by atoms with van der Waals surface area (Å²) in [7, 11) is 1.64. The zero-order chi connectivity index (χ0) is 16.4. The topological polar surface area (TPSA) is 68.5 Å². The number of amides is 1. The van der Waals surface area contributed by atoms with Gasteiger partial charge in [-0.1, -0.05) is 0 Å². The van der Waals surface area contributed by atoms with Crippen molar-refractivity contribution in [2.45, 2.75) is 19.4 Å². The highest BCUT2D eigenvalue weighted by Gasteiger charge is 2.33. The summed E-state index contributed by atoms with van der Waals surface area (Å²) >= 11 is 1.49. The van der Waals surface area contributed by atoms with Crippen LogP contribution in [0.5, 0.6) is 5.75 Å². The van der Waals surface area contributed by atoms with E-state index in [1.165, 1.54) is 11.3 Å². The Kier molecular flexibility index (Phi) is 4.63. The van der Waals surface area contributed by atoms with Crippen LogP contribution < -0.4 is 10.5 Å². The molecule has 2 aromatic rings. The van der Waals surface area contributed by atoms with Gasteiger partial charge in [0.05, 0.1) is 7.11 Å². The van der Waals surface area contributed by atoms with Crippen LogP contribution >= 0.6 is 11.3 Å². The smallest absolute Gasteiger partial charge is 0.273 e. The summed E-state index contributed by atoms with van der Waals surface area (Å²) in [5.41, 5.74) is 7.25. The lowest BCUT2D eigenvalue weighted by Crippen LogP contribution is -2.34. The molecule has 1 saturated heterocycles. The Hall–Kier alpha value is -1.92. The van der Waals surface area contributed by atoms with Gasteiger partial charge < -0.3 is 15.4 Å². The lowest BCUT2D eigenvalue weighted by molar-refractivity contribution is 0.0738. The Balaban J connectivity index is 1.77. The minimum Gasteiger partial charge on any atom is -0.497 e. The Morgan fingerprint density at radius 1 is 1.43 bits per heavy atom. The number of rotatable bonds is 4. The molecule has 2 N–H and O–H groups in total. The van der Waals surface area contributed by atoms with Gasteiger partial charge in [-0.2, -0.15) is 0 Å². The minimum atomic E-state index is 0.00413. The zero-order valence-corrected chi connectivity index (χ0v) is 14.2. The summed E-state index contributed by atoms with van der Waals surface area (Å²) in [6, 6.07) is 7.92. The average Bonchev–Trinajstić information content (AvgIpc) is 3.21. The van der Waals surface area contributed by atoms with E-state index in [1.54, 1.807) is 7.11 Å². The van der Waals surface area contributed by atoms with E-state index in [-0.39, 0.29) is 11.9 Å². The van der Waals surface area contributed by atoms with Gasteiger partial charge in [-0.25, -0.2) is 4.98 Å². The first kappa shape index (κ1) is 16.0. The molecule has 122 valence electrons.